The molecular formula is C19H29ClN2O3. The van der Waals surface area contributed by atoms with Gasteiger partial charge in [-0.2, -0.15) is 0 Å². The van der Waals surface area contributed by atoms with Gasteiger partial charge in [0.25, 0.3) is 0 Å². The maximum atomic E-state index is 12.0. The van der Waals surface area contributed by atoms with Crippen LogP contribution in [0.25, 0.3) is 0 Å². The molecule has 1 aromatic rings. The number of carbonyl (C=O) groups excluding carboxylic acids is 1. The van der Waals surface area contributed by atoms with Crippen molar-refractivity contribution in [2.75, 3.05) is 31.7 Å². The predicted octanol–water partition coefficient (Wildman–Crippen LogP) is 3.70. The zero-order valence-electron chi connectivity index (χ0n) is 14.9. The van der Waals surface area contributed by atoms with Gasteiger partial charge in [-0.05, 0) is 68.2 Å². The van der Waals surface area contributed by atoms with E-state index in [1.54, 1.807) is 12.0 Å². The van der Waals surface area contributed by atoms with Crippen LogP contribution in [0, 0.1) is 5.92 Å². The third-order valence-corrected chi connectivity index (χ3v) is 5.32. The highest BCUT2D eigenvalue weighted by molar-refractivity contribution is 5.89. The molecule has 1 atom stereocenters. The Labute approximate surface area is 156 Å². The Morgan fingerprint density at radius 3 is 2.48 bits per heavy atom. The summed E-state index contributed by atoms with van der Waals surface area (Å²) < 4.78 is 10.4. The molecule has 140 valence electrons. The van der Waals surface area contributed by atoms with E-state index in [2.05, 4.69) is 12.1 Å². The second-order valence-electron chi connectivity index (χ2n) is 6.96. The van der Waals surface area contributed by atoms with E-state index >= 15 is 0 Å². The molecule has 1 amide bonds. The van der Waals surface area contributed by atoms with Crippen LogP contribution in [-0.2, 0) is 9.47 Å². The van der Waals surface area contributed by atoms with Crippen molar-refractivity contribution in [1.82, 2.24) is 0 Å². The molecule has 1 heterocycles. The van der Waals surface area contributed by atoms with Crippen molar-refractivity contribution in [3.63, 3.8) is 0 Å². The molecule has 1 aliphatic carbocycles. The number of nitrogens with two attached hydrogens (primary N) is 1. The largest absolute Gasteiger partial charge is 0.441 e. The lowest BCUT2D eigenvalue weighted by Gasteiger charge is -2.28. The molecule has 2 aliphatic rings. The van der Waals surface area contributed by atoms with Gasteiger partial charge in [-0.3, -0.25) is 4.90 Å². The fourth-order valence-corrected chi connectivity index (χ4v) is 3.95. The molecule has 1 aromatic carbocycles. The Hall–Kier alpha value is -1.30. The van der Waals surface area contributed by atoms with Crippen LogP contribution >= 0.6 is 12.4 Å². The highest BCUT2D eigenvalue weighted by Gasteiger charge is 2.32. The van der Waals surface area contributed by atoms with Crippen molar-refractivity contribution in [1.29, 1.82) is 0 Å². The van der Waals surface area contributed by atoms with Crippen LogP contribution in [0.2, 0.25) is 0 Å². The Balaban J connectivity index is 0.00000225. The Kier molecular flexibility index (Phi) is 7.54. The molecule has 2 fully saturated rings. The molecule has 1 aliphatic heterocycles. The minimum Gasteiger partial charge on any atom is -0.441 e. The van der Waals surface area contributed by atoms with Crippen molar-refractivity contribution in [2.45, 2.75) is 44.1 Å². The molecule has 1 saturated heterocycles. The van der Waals surface area contributed by atoms with Crippen LogP contribution < -0.4 is 10.6 Å². The molecule has 1 saturated carbocycles. The topological polar surface area (TPSA) is 64.8 Å². The third-order valence-electron chi connectivity index (χ3n) is 5.32. The van der Waals surface area contributed by atoms with Crippen molar-refractivity contribution < 1.29 is 14.3 Å². The second-order valence-corrected chi connectivity index (χ2v) is 6.96. The lowest BCUT2D eigenvalue weighted by molar-refractivity contribution is 0.0718. The van der Waals surface area contributed by atoms with E-state index in [1.165, 1.54) is 31.2 Å². The average Bonchev–Trinajstić information content (AvgIpc) is 2.97. The van der Waals surface area contributed by atoms with Gasteiger partial charge >= 0.3 is 6.09 Å². The molecule has 0 aromatic heterocycles. The highest BCUT2D eigenvalue weighted by atomic mass is 35.5. The number of hydrogen-bond acceptors (Lipinski definition) is 4. The van der Waals surface area contributed by atoms with E-state index in [-0.39, 0.29) is 24.6 Å². The van der Waals surface area contributed by atoms with Gasteiger partial charge in [0, 0.05) is 12.8 Å². The van der Waals surface area contributed by atoms with E-state index in [0.29, 0.717) is 19.1 Å². The Bertz CT molecular complexity index is 544. The molecule has 5 nitrogen and oxygen atoms in total. The van der Waals surface area contributed by atoms with Crippen molar-refractivity contribution in [2.24, 2.45) is 11.7 Å². The van der Waals surface area contributed by atoms with Crippen LogP contribution in [0.15, 0.2) is 24.3 Å². The summed E-state index contributed by atoms with van der Waals surface area (Å²) >= 11 is 0. The molecule has 1 unspecified atom stereocenters. The number of hydrogen-bond donors (Lipinski definition) is 1. The number of ether oxygens (including phenoxy) is 2. The van der Waals surface area contributed by atoms with E-state index in [4.69, 9.17) is 15.2 Å². The lowest BCUT2D eigenvalue weighted by Crippen LogP contribution is -2.25. The number of rotatable bonds is 6. The standard InChI is InChI=1S/C19H28N2O3.ClH/c1-23-13-18-12-21(19(22)24-18)17-8-6-16(7-9-17)15-4-2-14(3-5-15)10-11-20;/h6-9,14-15,18H,2-5,10-13,20H2,1H3;1H. The van der Waals surface area contributed by atoms with Gasteiger partial charge in [-0.25, -0.2) is 4.79 Å². The summed E-state index contributed by atoms with van der Waals surface area (Å²) in [6.45, 7) is 1.79. The van der Waals surface area contributed by atoms with Gasteiger partial charge in [0.1, 0.15) is 6.10 Å². The fourth-order valence-electron chi connectivity index (χ4n) is 3.95. The SMILES string of the molecule is COCC1CN(c2ccc(C3CCC(CCN)CC3)cc2)C(=O)O1.Cl. The number of carbonyl (C=O) groups is 1. The van der Waals surface area contributed by atoms with E-state index in [9.17, 15) is 4.79 Å². The first-order valence-corrected chi connectivity index (χ1v) is 8.98. The van der Waals surface area contributed by atoms with Gasteiger partial charge in [-0.15, -0.1) is 12.4 Å². The smallest absolute Gasteiger partial charge is 0.414 e. The lowest BCUT2D eigenvalue weighted by atomic mass is 9.77. The highest BCUT2D eigenvalue weighted by Crippen LogP contribution is 2.37. The molecule has 0 radical (unpaired) electrons. The van der Waals surface area contributed by atoms with Gasteiger partial charge < -0.3 is 15.2 Å². The first-order chi connectivity index (χ1) is 11.7. The average molecular weight is 369 g/mol. The quantitative estimate of drug-likeness (QED) is 0.831. The predicted molar refractivity (Wildman–Crippen MR) is 102 cm³/mol. The van der Waals surface area contributed by atoms with Gasteiger partial charge in [0.05, 0.1) is 13.2 Å². The van der Waals surface area contributed by atoms with Crippen molar-refractivity contribution in [3.05, 3.63) is 29.8 Å². The minimum absolute atomic E-state index is 0. The number of halogens is 1. The summed E-state index contributed by atoms with van der Waals surface area (Å²) in [6, 6.07) is 8.41. The summed E-state index contributed by atoms with van der Waals surface area (Å²) in [6.07, 6.45) is 5.73. The maximum absolute atomic E-state index is 12.0. The van der Waals surface area contributed by atoms with E-state index < -0.39 is 0 Å². The molecule has 3 rings (SSSR count). The maximum Gasteiger partial charge on any atom is 0.414 e. The van der Waals surface area contributed by atoms with Crippen LogP contribution in [0.3, 0.4) is 0 Å². The van der Waals surface area contributed by atoms with E-state index in [0.717, 1.165) is 24.6 Å². The van der Waals surface area contributed by atoms with E-state index in [1.807, 2.05) is 12.1 Å². The van der Waals surface area contributed by atoms with Crippen molar-refractivity contribution >= 4 is 24.2 Å². The monoisotopic (exact) mass is 368 g/mol. The summed E-state index contributed by atoms with van der Waals surface area (Å²) in [5.74, 6) is 1.45. The van der Waals surface area contributed by atoms with Crippen LogP contribution in [0.4, 0.5) is 10.5 Å². The van der Waals surface area contributed by atoms with Crippen LogP contribution in [-0.4, -0.2) is 39.0 Å². The zero-order chi connectivity index (χ0) is 16.9. The van der Waals surface area contributed by atoms with Gasteiger partial charge in [0.15, 0.2) is 0 Å². The van der Waals surface area contributed by atoms with Crippen LogP contribution in [0.5, 0.6) is 0 Å². The number of benzene rings is 1. The van der Waals surface area contributed by atoms with Crippen LogP contribution in [0.1, 0.15) is 43.6 Å². The van der Waals surface area contributed by atoms with Crippen molar-refractivity contribution in [3.8, 4) is 0 Å². The summed E-state index contributed by atoms with van der Waals surface area (Å²) in [5.41, 5.74) is 7.95. The number of anilines is 1. The zero-order valence-corrected chi connectivity index (χ0v) is 15.7. The first-order valence-electron chi connectivity index (χ1n) is 8.98. The molecule has 6 heteroatoms. The number of cyclic esters (lactones) is 1. The molecule has 25 heavy (non-hydrogen) atoms. The number of amides is 1. The Morgan fingerprint density at radius 2 is 1.88 bits per heavy atom. The molecule has 0 spiro atoms. The third kappa shape index (κ3) is 4.87. The molecular weight excluding hydrogens is 340 g/mol. The van der Waals surface area contributed by atoms with Gasteiger partial charge in [0.2, 0.25) is 0 Å². The number of nitrogens with zero attached hydrogens (tertiary/aromatic N) is 1. The first kappa shape index (κ1) is 20.0. The second kappa shape index (κ2) is 9.41. The fraction of sp³-hybridized carbons (Fsp3) is 0.632. The Morgan fingerprint density at radius 1 is 1.20 bits per heavy atom. The summed E-state index contributed by atoms with van der Waals surface area (Å²) in [4.78, 5) is 13.7. The molecule has 0 bridgehead atoms. The number of methoxy groups -OCH3 is 1. The van der Waals surface area contributed by atoms with Gasteiger partial charge in [-0.1, -0.05) is 12.1 Å². The normalized spacial score (nSPS) is 26.2. The minimum atomic E-state index is -0.285. The molecule has 2 N–H and O–H groups in total. The summed E-state index contributed by atoms with van der Waals surface area (Å²) in [5, 5.41) is 0. The summed E-state index contributed by atoms with van der Waals surface area (Å²) in [7, 11) is 1.62.